The summed E-state index contributed by atoms with van der Waals surface area (Å²) in [5.74, 6) is 1.35. The van der Waals surface area contributed by atoms with Crippen molar-refractivity contribution in [3.05, 3.63) is 84.2 Å². The van der Waals surface area contributed by atoms with Gasteiger partial charge in [-0.2, -0.15) is 9.61 Å². The van der Waals surface area contributed by atoms with E-state index in [1.54, 1.807) is 17.7 Å². The normalized spacial score (nSPS) is 11.1. The van der Waals surface area contributed by atoms with E-state index in [2.05, 4.69) is 15.5 Å². The smallest absolute Gasteiger partial charge is 0.228 e. The quantitative estimate of drug-likeness (QED) is 0.452. The number of benzene rings is 3. The molecule has 158 valence electrons. The van der Waals surface area contributed by atoms with Gasteiger partial charge in [-0.15, -0.1) is 10.2 Å². The number of amides is 1. The van der Waals surface area contributed by atoms with Gasteiger partial charge < -0.3 is 10.1 Å². The summed E-state index contributed by atoms with van der Waals surface area (Å²) < 4.78 is 6.97. The van der Waals surface area contributed by atoms with Gasteiger partial charge >= 0.3 is 0 Å². The Morgan fingerprint density at radius 2 is 1.75 bits per heavy atom. The van der Waals surface area contributed by atoms with Crippen LogP contribution in [-0.4, -0.2) is 32.8 Å². The lowest BCUT2D eigenvalue weighted by Gasteiger charge is -2.09. The molecule has 3 aromatic carbocycles. The van der Waals surface area contributed by atoms with Crippen molar-refractivity contribution in [2.24, 2.45) is 0 Å². The second-order valence-corrected chi connectivity index (χ2v) is 7.53. The van der Waals surface area contributed by atoms with Crippen molar-refractivity contribution in [2.45, 2.75) is 13.3 Å². The van der Waals surface area contributed by atoms with E-state index in [4.69, 9.17) is 9.84 Å². The minimum atomic E-state index is -0.0869. The predicted molar refractivity (Wildman–Crippen MR) is 124 cm³/mol. The van der Waals surface area contributed by atoms with Crippen molar-refractivity contribution in [1.82, 2.24) is 19.8 Å². The minimum absolute atomic E-state index is 0.0869. The average Bonchev–Trinajstić information content (AvgIpc) is 3.20. The summed E-state index contributed by atoms with van der Waals surface area (Å²) in [6.45, 7) is 1.88. The largest absolute Gasteiger partial charge is 0.497 e. The van der Waals surface area contributed by atoms with E-state index in [1.165, 1.54) is 0 Å². The number of fused-ring (bicyclic) bond motifs is 3. The average molecular weight is 423 g/mol. The number of rotatable bonds is 5. The summed E-state index contributed by atoms with van der Waals surface area (Å²) >= 11 is 0. The lowest BCUT2D eigenvalue weighted by Crippen LogP contribution is -2.14. The minimum Gasteiger partial charge on any atom is -0.497 e. The van der Waals surface area contributed by atoms with Crippen LogP contribution < -0.4 is 10.1 Å². The molecule has 1 N–H and O–H groups in total. The molecule has 0 atom stereocenters. The molecule has 7 heteroatoms. The van der Waals surface area contributed by atoms with Gasteiger partial charge in [0.15, 0.2) is 11.5 Å². The molecular formula is C25H21N5O2. The fourth-order valence-corrected chi connectivity index (χ4v) is 3.77. The number of nitrogens with one attached hydrogen (secondary N) is 1. The second kappa shape index (κ2) is 8.11. The summed E-state index contributed by atoms with van der Waals surface area (Å²) in [7, 11) is 1.60. The first-order chi connectivity index (χ1) is 15.6. The van der Waals surface area contributed by atoms with Crippen LogP contribution in [0.5, 0.6) is 5.75 Å². The van der Waals surface area contributed by atoms with Crippen LogP contribution in [0.2, 0.25) is 0 Å². The first-order valence-corrected chi connectivity index (χ1v) is 10.3. The molecule has 0 bridgehead atoms. The zero-order valence-electron chi connectivity index (χ0n) is 17.7. The van der Waals surface area contributed by atoms with Crippen molar-refractivity contribution in [3.63, 3.8) is 0 Å². The summed E-state index contributed by atoms with van der Waals surface area (Å²) in [6.07, 6.45) is 0.273. The van der Waals surface area contributed by atoms with E-state index in [1.807, 2.05) is 73.7 Å². The third-order valence-corrected chi connectivity index (χ3v) is 5.37. The number of aromatic nitrogens is 4. The molecule has 0 saturated carbocycles. The van der Waals surface area contributed by atoms with E-state index in [0.29, 0.717) is 11.4 Å². The number of aryl methyl sites for hydroxylation is 1. The molecule has 1 amide bonds. The van der Waals surface area contributed by atoms with Crippen LogP contribution in [0.4, 0.5) is 5.69 Å². The molecule has 0 saturated heterocycles. The van der Waals surface area contributed by atoms with Gasteiger partial charge in [0.1, 0.15) is 5.75 Å². The summed E-state index contributed by atoms with van der Waals surface area (Å²) in [5.41, 5.74) is 4.18. The first kappa shape index (κ1) is 19.7. The first-order valence-electron chi connectivity index (χ1n) is 10.3. The predicted octanol–water partition coefficient (Wildman–Crippen LogP) is 4.44. The van der Waals surface area contributed by atoms with E-state index in [0.717, 1.165) is 39.1 Å². The Morgan fingerprint density at radius 1 is 0.969 bits per heavy atom. The Balaban J connectivity index is 1.41. The zero-order valence-corrected chi connectivity index (χ0v) is 17.7. The zero-order chi connectivity index (χ0) is 22.1. The standard InChI is InChI=1S/C25H21N5O2/c1-16-27-28-25-22-9-4-3-8-21(22)24(29-30(16)25)18-12-10-17(11-13-18)14-23(31)26-19-6-5-7-20(15-19)32-2/h3-13,15H,14H2,1-2H3,(H,26,31). The number of carbonyl (C=O) groups is 1. The molecule has 0 aliphatic carbocycles. The highest BCUT2D eigenvalue weighted by molar-refractivity contribution is 6.01. The van der Waals surface area contributed by atoms with Crippen LogP contribution in [0, 0.1) is 6.92 Å². The van der Waals surface area contributed by atoms with Crippen molar-refractivity contribution in [1.29, 1.82) is 0 Å². The van der Waals surface area contributed by atoms with Gasteiger partial charge in [0.25, 0.3) is 0 Å². The van der Waals surface area contributed by atoms with Crippen LogP contribution in [0.3, 0.4) is 0 Å². The summed E-state index contributed by atoms with van der Waals surface area (Å²) in [6, 6.07) is 23.3. The van der Waals surface area contributed by atoms with Gasteiger partial charge in [0, 0.05) is 28.1 Å². The Morgan fingerprint density at radius 3 is 2.53 bits per heavy atom. The van der Waals surface area contributed by atoms with Crippen molar-refractivity contribution >= 4 is 28.0 Å². The Hall–Kier alpha value is -4.26. The highest BCUT2D eigenvalue weighted by atomic mass is 16.5. The van der Waals surface area contributed by atoms with Gasteiger partial charge in [-0.25, -0.2) is 0 Å². The number of anilines is 1. The van der Waals surface area contributed by atoms with Crippen LogP contribution in [-0.2, 0) is 11.2 Å². The maximum atomic E-state index is 12.5. The molecule has 5 rings (SSSR count). The fourth-order valence-electron chi connectivity index (χ4n) is 3.77. The van der Waals surface area contributed by atoms with E-state index < -0.39 is 0 Å². The number of carbonyl (C=O) groups excluding carboxylic acids is 1. The molecule has 2 aromatic heterocycles. The molecule has 7 nitrogen and oxygen atoms in total. The highest BCUT2D eigenvalue weighted by Crippen LogP contribution is 2.29. The Kier molecular flexibility index (Phi) is 4.99. The van der Waals surface area contributed by atoms with Gasteiger partial charge in [-0.1, -0.05) is 54.6 Å². The third-order valence-electron chi connectivity index (χ3n) is 5.37. The molecule has 32 heavy (non-hydrogen) atoms. The number of hydrogen-bond acceptors (Lipinski definition) is 5. The maximum Gasteiger partial charge on any atom is 0.228 e. The molecule has 0 aliphatic rings. The lowest BCUT2D eigenvalue weighted by atomic mass is 10.0. The topological polar surface area (TPSA) is 81.4 Å². The van der Waals surface area contributed by atoms with Crippen LogP contribution in [0.1, 0.15) is 11.4 Å². The SMILES string of the molecule is COc1cccc(NC(=O)Cc2ccc(-c3nn4c(C)nnc4c4ccccc34)cc2)c1. The lowest BCUT2D eigenvalue weighted by molar-refractivity contribution is -0.115. The highest BCUT2D eigenvalue weighted by Gasteiger charge is 2.14. The molecule has 0 spiro atoms. The molecule has 5 aromatic rings. The molecule has 0 aliphatic heterocycles. The molecule has 0 fully saturated rings. The van der Waals surface area contributed by atoms with E-state index in [-0.39, 0.29) is 12.3 Å². The number of methoxy groups -OCH3 is 1. The number of nitrogens with zero attached hydrogens (tertiary/aromatic N) is 4. The van der Waals surface area contributed by atoms with Gasteiger partial charge in [0.05, 0.1) is 19.2 Å². The van der Waals surface area contributed by atoms with Crippen LogP contribution >= 0.6 is 0 Å². The summed E-state index contributed by atoms with van der Waals surface area (Å²) in [5, 5.41) is 18.2. The molecule has 2 heterocycles. The van der Waals surface area contributed by atoms with Gasteiger partial charge in [-0.05, 0) is 24.6 Å². The monoisotopic (exact) mass is 423 g/mol. The molecule has 0 unspecified atom stereocenters. The Bertz CT molecular complexity index is 1440. The molecular weight excluding hydrogens is 402 g/mol. The van der Waals surface area contributed by atoms with Crippen molar-refractivity contribution in [3.8, 4) is 17.0 Å². The third kappa shape index (κ3) is 3.65. The Labute approximate surface area is 184 Å². The van der Waals surface area contributed by atoms with Crippen LogP contribution in [0.25, 0.3) is 27.7 Å². The molecule has 0 radical (unpaired) electrons. The summed E-state index contributed by atoms with van der Waals surface area (Å²) in [4.78, 5) is 12.5. The van der Waals surface area contributed by atoms with Crippen LogP contribution in [0.15, 0.2) is 72.8 Å². The number of ether oxygens (including phenoxy) is 1. The van der Waals surface area contributed by atoms with Crippen molar-refractivity contribution in [2.75, 3.05) is 12.4 Å². The van der Waals surface area contributed by atoms with Gasteiger partial charge in [-0.3, -0.25) is 4.79 Å². The second-order valence-electron chi connectivity index (χ2n) is 7.53. The fraction of sp³-hybridized carbons (Fsp3) is 0.120. The van der Waals surface area contributed by atoms with Gasteiger partial charge in [0.2, 0.25) is 5.91 Å². The van der Waals surface area contributed by atoms with Crippen molar-refractivity contribution < 1.29 is 9.53 Å². The number of hydrogen-bond donors (Lipinski definition) is 1. The van der Waals surface area contributed by atoms with E-state index >= 15 is 0 Å². The maximum absolute atomic E-state index is 12.5. The van der Waals surface area contributed by atoms with E-state index in [9.17, 15) is 4.79 Å².